The van der Waals surface area contributed by atoms with Crippen LogP contribution in [0.4, 0.5) is 8.78 Å². The Morgan fingerprint density at radius 2 is 2.06 bits per heavy atom. The van der Waals surface area contributed by atoms with Crippen molar-refractivity contribution in [2.45, 2.75) is 44.1 Å². The molecule has 0 aromatic heterocycles. The minimum Gasteiger partial charge on any atom is -0.380 e. The molecule has 0 bridgehead atoms. The zero-order chi connectivity index (χ0) is 11.4. The maximum atomic E-state index is 13.4. The molecule has 1 aliphatic carbocycles. The molecule has 2 saturated heterocycles. The fourth-order valence-electron chi connectivity index (χ4n) is 3.74. The Morgan fingerprint density at radius 3 is 2.69 bits per heavy atom. The van der Waals surface area contributed by atoms with Gasteiger partial charge in [0.2, 0.25) is 0 Å². The number of fused-ring (bicyclic) bond motifs is 1. The third kappa shape index (κ3) is 1.29. The zero-order valence-electron chi connectivity index (χ0n) is 9.77. The van der Waals surface area contributed by atoms with Gasteiger partial charge in [0.1, 0.15) is 0 Å². The molecule has 3 rings (SSSR count). The molecule has 2 aliphatic heterocycles. The van der Waals surface area contributed by atoms with Gasteiger partial charge in [-0.15, -0.1) is 0 Å². The van der Waals surface area contributed by atoms with Crippen molar-refractivity contribution in [3.05, 3.63) is 0 Å². The third-order valence-electron chi connectivity index (χ3n) is 4.69. The van der Waals surface area contributed by atoms with Crippen LogP contribution >= 0.6 is 0 Å². The summed E-state index contributed by atoms with van der Waals surface area (Å²) in [6.07, 6.45) is 2.91. The van der Waals surface area contributed by atoms with E-state index in [1.165, 1.54) is 0 Å². The highest BCUT2D eigenvalue weighted by Crippen LogP contribution is 2.69. The Kier molecular flexibility index (Phi) is 2.16. The van der Waals surface area contributed by atoms with E-state index in [4.69, 9.17) is 4.74 Å². The van der Waals surface area contributed by atoms with Gasteiger partial charge < -0.3 is 4.74 Å². The molecule has 2 nitrogen and oxygen atoms in total. The van der Waals surface area contributed by atoms with E-state index in [2.05, 4.69) is 4.90 Å². The highest BCUT2D eigenvalue weighted by molar-refractivity contribution is 5.22. The second-order valence-electron chi connectivity index (χ2n) is 5.72. The second kappa shape index (κ2) is 3.16. The lowest BCUT2D eigenvalue weighted by Crippen LogP contribution is -2.42. The predicted octanol–water partition coefficient (Wildman–Crippen LogP) is 2.29. The predicted molar refractivity (Wildman–Crippen MR) is 56.6 cm³/mol. The minimum absolute atomic E-state index is 0.0596. The van der Waals surface area contributed by atoms with E-state index in [9.17, 15) is 8.78 Å². The fourth-order valence-corrected chi connectivity index (χ4v) is 3.74. The average molecular weight is 231 g/mol. The van der Waals surface area contributed by atoms with Crippen LogP contribution in [0, 0.1) is 5.41 Å². The molecule has 0 unspecified atom stereocenters. The van der Waals surface area contributed by atoms with E-state index in [-0.39, 0.29) is 12.0 Å². The number of ether oxygens (including phenoxy) is 1. The van der Waals surface area contributed by atoms with Crippen LogP contribution in [-0.4, -0.2) is 42.7 Å². The van der Waals surface area contributed by atoms with E-state index in [0.717, 1.165) is 19.4 Å². The topological polar surface area (TPSA) is 12.5 Å². The van der Waals surface area contributed by atoms with Crippen LogP contribution in [0.25, 0.3) is 0 Å². The van der Waals surface area contributed by atoms with Gasteiger partial charge in [-0.05, 0) is 32.7 Å². The lowest BCUT2D eigenvalue weighted by atomic mass is 9.89. The maximum Gasteiger partial charge on any atom is 0.255 e. The summed E-state index contributed by atoms with van der Waals surface area (Å²) >= 11 is 0. The summed E-state index contributed by atoms with van der Waals surface area (Å²) in [6, 6.07) is 0. The standard InChI is InChI=1S/C12H19F2NO/c1-2-16-9-11-4-3-5-15(11)8-10(6-11)7-12(10,13)14/h2-9H2,1H3/t10-,11-/m0/s1. The molecule has 2 atom stereocenters. The molecule has 16 heavy (non-hydrogen) atoms. The molecule has 1 spiro atoms. The first kappa shape index (κ1) is 10.9. The fraction of sp³-hybridized carbons (Fsp3) is 1.00. The van der Waals surface area contributed by atoms with Gasteiger partial charge in [0, 0.05) is 25.1 Å². The summed E-state index contributed by atoms with van der Waals surface area (Å²) < 4.78 is 32.4. The van der Waals surface area contributed by atoms with Crippen molar-refractivity contribution < 1.29 is 13.5 Å². The number of hydrogen-bond donors (Lipinski definition) is 0. The van der Waals surface area contributed by atoms with Crippen LogP contribution in [0.5, 0.6) is 0 Å². The highest BCUT2D eigenvalue weighted by atomic mass is 19.3. The van der Waals surface area contributed by atoms with E-state index < -0.39 is 11.3 Å². The van der Waals surface area contributed by atoms with Gasteiger partial charge in [0.15, 0.2) is 0 Å². The summed E-state index contributed by atoms with van der Waals surface area (Å²) in [7, 11) is 0. The first-order chi connectivity index (χ1) is 7.54. The highest BCUT2D eigenvalue weighted by Gasteiger charge is 2.77. The molecular formula is C12H19F2NO. The molecule has 2 heterocycles. The molecule has 0 radical (unpaired) electrons. The summed E-state index contributed by atoms with van der Waals surface area (Å²) in [4.78, 5) is 2.27. The van der Waals surface area contributed by atoms with E-state index >= 15 is 0 Å². The molecule has 1 saturated carbocycles. The normalized spacial score (nSPS) is 45.2. The van der Waals surface area contributed by atoms with Crippen LogP contribution in [0.1, 0.15) is 32.6 Å². The molecule has 3 aliphatic rings. The zero-order valence-corrected chi connectivity index (χ0v) is 9.77. The van der Waals surface area contributed by atoms with Gasteiger partial charge >= 0.3 is 0 Å². The van der Waals surface area contributed by atoms with Crippen LogP contribution < -0.4 is 0 Å². The van der Waals surface area contributed by atoms with Crippen LogP contribution in [0.2, 0.25) is 0 Å². The van der Waals surface area contributed by atoms with Gasteiger partial charge in [0.05, 0.1) is 12.0 Å². The van der Waals surface area contributed by atoms with Crippen LogP contribution in [0.3, 0.4) is 0 Å². The average Bonchev–Trinajstić information content (AvgIpc) is 2.53. The molecule has 4 heteroatoms. The molecular weight excluding hydrogens is 212 g/mol. The third-order valence-corrected chi connectivity index (χ3v) is 4.69. The molecule has 0 amide bonds. The summed E-state index contributed by atoms with van der Waals surface area (Å²) in [5, 5.41) is 0. The van der Waals surface area contributed by atoms with Crippen molar-refractivity contribution in [3.8, 4) is 0 Å². The van der Waals surface area contributed by atoms with Gasteiger partial charge in [-0.3, -0.25) is 4.90 Å². The SMILES string of the molecule is CCOC[C@@]12CCCN1C[C@@]1(CC1(F)F)C2. The number of rotatable bonds is 3. The Hall–Kier alpha value is -0.220. The Bertz CT molecular complexity index is 309. The molecule has 92 valence electrons. The lowest BCUT2D eigenvalue weighted by molar-refractivity contribution is 0.0392. The van der Waals surface area contributed by atoms with E-state index in [1.807, 2.05) is 6.92 Å². The molecule has 0 N–H and O–H groups in total. The maximum absolute atomic E-state index is 13.4. The number of nitrogens with zero attached hydrogens (tertiary/aromatic N) is 1. The lowest BCUT2D eigenvalue weighted by Gasteiger charge is -2.31. The van der Waals surface area contributed by atoms with Gasteiger partial charge in [-0.2, -0.15) is 0 Å². The van der Waals surface area contributed by atoms with Crippen molar-refractivity contribution in [2.75, 3.05) is 26.3 Å². The van der Waals surface area contributed by atoms with Gasteiger partial charge in [-0.1, -0.05) is 0 Å². The van der Waals surface area contributed by atoms with Crippen molar-refractivity contribution in [3.63, 3.8) is 0 Å². The second-order valence-corrected chi connectivity index (χ2v) is 5.72. The smallest absolute Gasteiger partial charge is 0.255 e. The number of halogens is 2. The first-order valence-corrected chi connectivity index (χ1v) is 6.24. The minimum atomic E-state index is -2.41. The van der Waals surface area contributed by atoms with Crippen molar-refractivity contribution in [1.29, 1.82) is 0 Å². The van der Waals surface area contributed by atoms with Gasteiger partial charge in [-0.25, -0.2) is 8.78 Å². The summed E-state index contributed by atoms with van der Waals surface area (Å²) in [5.74, 6) is -2.41. The van der Waals surface area contributed by atoms with E-state index in [1.54, 1.807) is 0 Å². The van der Waals surface area contributed by atoms with Crippen LogP contribution in [0.15, 0.2) is 0 Å². The Labute approximate surface area is 94.9 Å². The Morgan fingerprint density at radius 1 is 1.31 bits per heavy atom. The van der Waals surface area contributed by atoms with E-state index in [0.29, 0.717) is 26.2 Å². The molecule has 0 aromatic rings. The molecule has 3 fully saturated rings. The van der Waals surface area contributed by atoms with Crippen molar-refractivity contribution in [1.82, 2.24) is 4.90 Å². The number of hydrogen-bond acceptors (Lipinski definition) is 2. The van der Waals surface area contributed by atoms with Crippen molar-refractivity contribution in [2.24, 2.45) is 5.41 Å². The molecule has 0 aromatic carbocycles. The largest absolute Gasteiger partial charge is 0.380 e. The monoisotopic (exact) mass is 231 g/mol. The van der Waals surface area contributed by atoms with Gasteiger partial charge in [0.25, 0.3) is 5.92 Å². The number of alkyl halides is 2. The van der Waals surface area contributed by atoms with Crippen molar-refractivity contribution >= 4 is 0 Å². The first-order valence-electron chi connectivity index (χ1n) is 6.24. The summed E-state index contributed by atoms with van der Waals surface area (Å²) in [5.41, 5.74) is -0.750. The quantitative estimate of drug-likeness (QED) is 0.739. The van der Waals surface area contributed by atoms with Crippen LogP contribution in [-0.2, 0) is 4.74 Å². The Balaban J connectivity index is 1.77. The summed E-state index contributed by atoms with van der Waals surface area (Å²) in [6.45, 7) is 4.85.